The van der Waals surface area contributed by atoms with Gasteiger partial charge in [-0.1, -0.05) is 0 Å². The SMILES string of the molecule is O=C(O)CN(CC(=O)O)C(N1C(=O)CCC1=O)N1C(=O)CCC1=O. The average Bonchev–Trinajstić information content (AvgIpc) is 2.96. The minimum Gasteiger partial charge on any atom is -0.480 e. The van der Waals surface area contributed by atoms with Crippen LogP contribution < -0.4 is 0 Å². The van der Waals surface area contributed by atoms with Gasteiger partial charge in [0.15, 0.2) is 6.29 Å². The van der Waals surface area contributed by atoms with Gasteiger partial charge in [0.2, 0.25) is 23.6 Å². The number of carboxylic acids is 2. The summed E-state index contributed by atoms with van der Waals surface area (Å²) < 4.78 is 0. The molecule has 11 nitrogen and oxygen atoms in total. The average molecular weight is 341 g/mol. The fourth-order valence-corrected chi connectivity index (χ4v) is 2.71. The molecule has 2 heterocycles. The summed E-state index contributed by atoms with van der Waals surface area (Å²) in [7, 11) is 0. The van der Waals surface area contributed by atoms with Crippen LogP contribution in [0, 0.1) is 0 Å². The Kier molecular flexibility index (Phi) is 4.93. The summed E-state index contributed by atoms with van der Waals surface area (Å²) in [4.78, 5) is 72.0. The summed E-state index contributed by atoms with van der Waals surface area (Å²) in [5, 5.41) is 18.0. The number of carboxylic acid groups (broad SMARTS) is 2. The molecule has 0 aliphatic carbocycles. The van der Waals surface area contributed by atoms with E-state index in [1.807, 2.05) is 0 Å². The first-order chi connectivity index (χ1) is 11.2. The van der Waals surface area contributed by atoms with Crippen molar-refractivity contribution >= 4 is 35.6 Å². The van der Waals surface area contributed by atoms with Crippen LogP contribution in [0.3, 0.4) is 0 Å². The van der Waals surface area contributed by atoms with Crippen LogP contribution in [0.1, 0.15) is 25.7 Å². The molecule has 4 amide bonds. The zero-order valence-corrected chi connectivity index (χ0v) is 12.5. The summed E-state index contributed by atoms with van der Waals surface area (Å²) in [5.74, 6) is -5.65. The molecular formula is C13H15N3O8. The van der Waals surface area contributed by atoms with E-state index in [-0.39, 0.29) is 25.7 Å². The number of rotatable bonds is 7. The molecule has 2 N–H and O–H groups in total. The second kappa shape index (κ2) is 6.74. The first-order valence-corrected chi connectivity index (χ1v) is 7.09. The molecule has 2 saturated heterocycles. The Morgan fingerprint density at radius 2 is 1.08 bits per heavy atom. The molecule has 2 aliphatic rings. The molecule has 0 saturated carbocycles. The van der Waals surface area contributed by atoms with E-state index < -0.39 is 54.9 Å². The zero-order chi connectivity index (χ0) is 18.0. The minimum atomic E-state index is -1.68. The second-order valence-electron chi connectivity index (χ2n) is 5.35. The normalized spacial score (nSPS) is 18.4. The number of carbonyl (C=O) groups excluding carboxylic acids is 4. The van der Waals surface area contributed by atoms with Gasteiger partial charge >= 0.3 is 11.9 Å². The number of aliphatic carboxylic acids is 2. The zero-order valence-electron chi connectivity index (χ0n) is 12.5. The monoisotopic (exact) mass is 341 g/mol. The lowest BCUT2D eigenvalue weighted by molar-refractivity contribution is -0.172. The highest BCUT2D eigenvalue weighted by atomic mass is 16.4. The van der Waals surface area contributed by atoms with Gasteiger partial charge in [0, 0.05) is 25.7 Å². The smallest absolute Gasteiger partial charge is 0.317 e. The Morgan fingerprint density at radius 1 is 0.792 bits per heavy atom. The van der Waals surface area contributed by atoms with Crippen molar-refractivity contribution in [2.75, 3.05) is 13.1 Å². The molecule has 130 valence electrons. The third-order valence-corrected chi connectivity index (χ3v) is 3.65. The van der Waals surface area contributed by atoms with E-state index in [2.05, 4.69) is 0 Å². The number of carbonyl (C=O) groups is 6. The molecule has 0 aromatic rings. The van der Waals surface area contributed by atoms with E-state index in [0.29, 0.717) is 9.80 Å². The van der Waals surface area contributed by atoms with Crippen LogP contribution in [0.15, 0.2) is 0 Å². The van der Waals surface area contributed by atoms with Crippen molar-refractivity contribution in [1.82, 2.24) is 14.7 Å². The molecule has 2 fully saturated rings. The predicted molar refractivity (Wildman–Crippen MR) is 72.8 cm³/mol. The minimum absolute atomic E-state index is 0.153. The van der Waals surface area contributed by atoms with Gasteiger partial charge in [-0.3, -0.25) is 28.8 Å². The van der Waals surface area contributed by atoms with Gasteiger partial charge in [0.25, 0.3) is 0 Å². The van der Waals surface area contributed by atoms with Crippen LogP contribution in [0.2, 0.25) is 0 Å². The highest BCUT2D eigenvalue weighted by molar-refractivity contribution is 6.06. The van der Waals surface area contributed by atoms with Crippen LogP contribution in [0.25, 0.3) is 0 Å². The van der Waals surface area contributed by atoms with E-state index >= 15 is 0 Å². The topological polar surface area (TPSA) is 153 Å². The van der Waals surface area contributed by atoms with Crippen molar-refractivity contribution in [3.05, 3.63) is 0 Å². The molecule has 0 bridgehead atoms. The third-order valence-electron chi connectivity index (χ3n) is 3.65. The van der Waals surface area contributed by atoms with Crippen molar-refractivity contribution in [1.29, 1.82) is 0 Å². The summed E-state index contributed by atoms with van der Waals surface area (Å²) in [6, 6.07) is 0. The van der Waals surface area contributed by atoms with E-state index in [1.165, 1.54) is 0 Å². The van der Waals surface area contributed by atoms with Gasteiger partial charge in [0.05, 0.1) is 0 Å². The maximum absolute atomic E-state index is 12.0. The fourth-order valence-electron chi connectivity index (χ4n) is 2.71. The number of amides is 4. The van der Waals surface area contributed by atoms with E-state index in [4.69, 9.17) is 10.2 Å². The third kappa shape index (κ3) is 3.40. The highest BCUT2D eigenvalue weighted by Crippen LogP contribution is 2.25. The maximum Gasteiger partial charge on any atom is 0.317 e. The summed E-state index contributed by atoms with van der Waals surface area (Å²) in [6.07, 6.45) is -2.29. The first-order valence-electron chi connectivity index (χ1n) is 7.09. The van der Waals surface area contributed by atoms with Gasteiger partial charge in [-0.2, -0.15) is 0 Å². The summed E-state index contributed by atoms with van der Waals surface area (Å²) in [6.45, 7) is -1.74. The molecule has 0 aromatic heterocycles. The molecule has 0 spiro atoms. The van der Waals surface area contributed by atoms with Crippen LogP contribution in [-0.2, 0) is 28.8 Å². The van der Waals surface area contributed by atoms with Gasteiger partial charge in [0.1, 0.15) is 13.1 Å². The number of likely N-dealkylation sites (tertiary alicyclic amines) is 2. The van der Waals surface area contributed by atoms with Gasteiger partial charge in [-0.05, 0) is 0 Å². The molecule has 2 rings (SSSR count). The molecule has 0 atom stereocenters. The second-order valence-corrected chi connectivity index (χ2v) is 5.35. The number of imide groups is 2. The van der Waals surface area contributed by atoms with Gasteiger partial charge in [-0.15, -0.1) is 0 Å². The first kappa shape index (κ1) is 17.5. The van der Waals surface area contributed by atoms with Crippen LogP contribution in [-0.4, -0.2) is 79.9 Å². The van der Waals surface area contributed by atoms with Crippen LogP contribution in [0.5, 0.6) is 0 Å². The van der Waals surface area contributed by atoms with E-state index in [9.17, 15) is 28.8 Å². The maximum atomic E-state index is 12.0. The van der Waals surface area contributed by atoms with Crippen LogP contribution >= 0.6 is 0 Å². The molecule has 2 aliphatic heterocycles. The van der Waals surface area contributed by atoms with Crippen molar-refractivity contribution in [2.24, 2.45) is 0 Å². The Morgan fingerprint density at radius 3 is 1.33 bits per heavy atom. The molecular weight excluding hydrogens is 326 g/mol. The highest BCUT2D eigenvalue weighted by Gasteiger charge is 2.47. The lowest BCUT2D eigenvalue weighted by Crippen LogP contribution is -2.63. The predicted octanol–water partition coefficient (Wildman–Crippen LogP) is -1.96. The summed E-state index contributed by atoms with van der Waals surface area (Å²) in [5.41, 5.74) is 0. The molecule has 0 unspecified atom stereocenters. The Hall–Kier alpha value is -2.82. The van der Waals surface area contributed by atoms with Crippen molar-refractivity contribution in [3.63, 3.8) is 0 Å². The van der Waals surface area contributed by atoms with E-state index in [0.717, 1.165) is 4.90 Å². The molecule has 0 radical (unpaired) electrons. The standard InChI is InChI=1S/C13H15N3O8/c17-7-1-2-8(18)15(7)13(16-9(19)3-4-10(16)20)14(5-11(21)22)6-12(23)24/h13H,1-6H2,(H,21,22)(H,23,24). The Labute approximate surface area is 135 Å². The van der Waals surface area contributed by atoms with Gasteiger partial charge in [-0.25, -0.2) is 14.7 Å². The number of hydrogen-bond acceptors (Lipinski definition) is 7. The lowest BCUT2D eigenvalue weighted by atomic mass is 10.4. The van der Waals surface area contributed by atoms with Crippen molar-refractivity contribution in [3.8, 4) is 0 Å². The van der Waals surface area contributed by atoms with Crippen molar-refractivity contribution < 1.29 is 39.0 Å². The Balaban J connectivity index is 2.46. The summed E-state index contributed by atoms with van der Waals surface area (Å²) >= 11 is 0. The van der Waals surface area contributed by atoms with Crippen LogP contribution in [0.4, 0.5) is 0 Å². The number of nitrogens with zero attached hydrogens (tertiary/aromatic N) is 3. The van der Waals surface area contributed by atoms with E-state index in [1.54, 1.807) is 0 Å². The molecule has 0 aromatic carbocycles. The lowest BCUT2D eigenvalue weighted by Gasteiger charge is -2.39. The number of hydrogen-bond donors (Lipinski definition) is 2. The largest absolute Gasteiger partial charge is 0.480 e. The quantitative estimate of drug-likeness (QED) is 0.502. The fraction of sp³-hybridized carbons (Fsp3) is 0.538. The Bertz CT molecular complexity index is 547. The molecule has 11 heteroatoms. The molecule has 24 heavy (non-hydrogen) atoms. The van der Waals surface area contributed by atoms with Crippen molar-refractivity contribution in [2.45, 2.75) is 32.0 Å². The van der Waals surface area contributed by atoms with Gasteiger partial charge < -0.3 is 10.2 Å².